The predicted octanol–water partition coefficient (Wildman–Crippen LogP) is 19.2. The van der Waals surface area contributed by atoms with Crippen LogP contribution < -0.4 is 0 Å². The van der Waals surface area contributed by atoms with Gasteiger partial charge in [-0.3, -0.25) is 37.3 Å². The first-order valence-electron chi connectivity index (χ1n) is 35.5. The number of hydrogen-bond donors (Lipinski definition) is 3. The maximum absolute atomic E-state index is 13.0. The molecule has 3 unspecified atom stereocenters. The first kappa shape index (κ1) is 85.1. The van der Waals surface area contributed by atoms with E-state index < -0.39 is 97.5 Å². The molecule has 516 valence electrons. The lowest BCUT2D eigenvalue weighted by Crippen LogP contribution is -2.30. The Morgan fingerprint density at radius 1 is 0.333 bits per heavy atom. The molecule has 0 rings (SSSR count). The average molecular weight is 1280 g/mol. The van der Waals surface area contributed by atoms with E-state index >= 15 is 0 Å². The van der Waals surface area contributed by atoms with Gasteiger partial charge < -0.3 is 33.8 Å². The first-order valence-corrected chi connectivity index (χ1v) is 38.5. The number of carbonyl (C=O) groups excluding carboxylic acids is 4. The molecular formula is C68H132O17P2. The Labute approximate surface area is 530 Å². The zero-order valence-electron chi connectivity index (χ0n) is 56.3. The van der Waals surface area contributed by atoms with Crippen molar-refractivity contribution >= 4 is 39.5 Å². The summed E-state index contributed by atoms with van der Waals surface area (Å²) >= 11 is 0. The summed E-state index contributed by atoms with van der Waals surface area (Å²) in [5, 5.41) is 10.6. The van der Waals surface area contributed by atoms with E-state index in [0.29, 0.717) is 25.7 Å². The smallest absolute Gasteiger partial charge is 0.462 e. The van der Waals surface area contributed by atoms with Crippen LogP contribution in [0.5, 0.6) is 0 Å². The monoisotopic (exact) mass is 1280 g/mol. The van der Waals surface area contributed by atoms with Crippen molar-refractivity contribution in [2.75, 3.05) is 39.6 Å². The third-order valence-corrected chi connectivity index (χ3v) is 18.0. The van der Waals surface area contributed by atoms with Crippen LogP contribution in [-0.4, -0.2) is 96.7 Å². The predicted molar refractivity (Wildman–Crippen MR) is 349 cm³/mol. The number of phosphoric ester groups is 2. The summed E-state index contributed by atoms with van der Waals surface area (Å²) in [6.07, 6.45) is 44.4. The summed E-state index contributed by atoms with van der Waals surface area (Å²) in [6.45, 7) is 9.53. The number of carbonyl (C=O) groups is 4. The van der Waals surface area contributed by atoms with E-state index in [2.05, 4.69) is 41.5 Å². The van der Waals surface area contributed by atoms with Crippen LogP contribution in [0.4, 0.5) is 0 Å². The third-order valence-electron chi connectivity index (χ3n) is 16.1. The van der Waals surface area contributed by atoms with Gasteiger partial charge in [0.25, 0.3) is 0 Å². The van der Waals surface area contributed by atoms with Gasteiger partial charge in [0.1, 0.15) is 19.3 Å². The van der Waals surface area contributed by atoms with Gasteiger partial charge in [-0.25, -0.2) is 9.13 Å². The van der Waals surface area contributed by atoms with Gasteiger partial charge in [-0.05, 0) is 37.5 Å². The number of aliphatic hydroxyl groups excluding tert-OH is 1. The van der Waals surface area contributed by atoms with Gasteiger partial charge in [0.15, 0.2) is 12.2 Å². The number of hydrogen-bond acceptors (Lipinski definition) is 15. The van der Waals surface area contributed by atoms with E-state index in [0.717, 1.165) is 108 Å². The third kappa shape index (κ3) is 61.3. The molecule has 0 aliphatic carbocycles. The molecule has 19 heteroatoms. The van der Waals surface area contributed by atoms with E-state index in [9.17, 15) is 43.2 Å². The van der Waals surface area contributed by atoms with Gasteiger partial charge in [-0.15, -0.1) is 0 Å². The molecule has 0 aromatic heterocycles. The fraction of sp³-hybridized carbons (Fsp3) is 0.941. The van der Waals surface area contributed by atoms with Crippen LogP contribution in [0.3, 0.4) is 0 Å². The van der Waals surface area contributed by atoms with Gasteiger partial charge in [-0.1, -0.05) is 292 Å². The standard InChI is InChI=1S/C68H132O17P2/c1-7-10-12-14-16-25-34-40-46-52-67(72)84-63(56-78-65(70)50-44-38-32-17-15-13-11-8-2)58-82-86(74,75)80-54-62(69)55-81-87(76,77)83-59-64(57-79-66(71)51-45-39-33-28-24-23-27-31-37-43-49-61(6)9-3)85-68(73)53-47-41-35-29-22-20-18-19-21-26-30-36-42-48-60(4)5/h60-64,69H,7-59H2,1-6H3,(H,74,75)(H,76,77)/t61?,62-,63+,64+/m0/s1. The molecule has 3 N–H and O–H groups in total. The Bertz CT molecular complexity index is 1700. The Morgan fingerprint density at radius 2 is 0.586 bits per heavy atom. The summed E-state index contributed by atoms with van der Waals surface area (Å²) in [5.74, 6) is -0.534. The van der Waals surface area contributed by atoms with E-state index in [1.54, 1.807) is 0 Å². The Hall–Kier alpha value is -1.94. The van der Waals surface area contributed by atoms with Crippen LogP contribution in [-0.2, 0) is 65.4 Å². The van der Waals surface area contributed by atoms with Gasteiger partial charge in [0.05, 0.1) is 26.4 Å². The Morgan fingerprint density at radius 3 is 0.874 bits per heavy atom. The summed E-state index contributed by atoms with van der Waals surface area (Å²) in [6, 6.07) is 0. The van der Waals surface area contributed by atoms with Crippen molar-refractivity contribution in [2.24, 2.45) is 11.8 Å². The minimum atomic E-state index is -4.95. The zero-order valence-corrected chi connectivity index (χ0v) is 58.1. The normalized spacial score (nSPS) is 14.5. The van der Waals surface area contributed by atoms with Crippen molar-refractivity contribution in [2.45, 2.75) is 362 Å². The maximum atomic E-state index is 13.0. The zero-order chi connectivity index (χ0) is 64.3. The highest BCUT2D eigenvalue weighted by atomic mass is 31.2. The fourth-order valence-corrected chi connectivity index (χ4v) is 11.8. The molecule has 0 aliphatic rings. The minimum absolute atomic E-state index is 0.105. The van der Waals surface area contributed by atoms with Crippen LogP contribution in [0.15, 0.2) is 0 Å². The van der Waals surface area contributed by atoms with Crippen molar-refractivity contribution in [3.8, 4) is 0 Å². The lowest BCUT2D eigenvalue weighted by molar-refractivity contribution is -0.161. The quantitative estimate of drug-likeness (QED) is 0.0222. The van der Waals surface area contributed by atoms with Crippen LogP contribution >= 0.6 is 15.6 Å². The lowest BCUT2D eigenvalue weighted by Gasteiger charge is -2.21. The van der Waals surface area contributed by atoms with Gasteiger partial charge in [-0.2, -0.15) is 0 Å². The molecule has 87 heavy (non-hydrogen) atoms. The Balaban J connectivity index is 5.21. The second kappa shape index (κ2) is 60.3. The molecule has 0 heterocycles. The number of ether oxygens (including phenoxy) is 4. The SMILES string of the molecule is CCCCCCCCCCCC(=O)O[C@H](COC(=O)CCCCCCCCCC)COP(=O)(O)OC[C@H](O)COP(=O)(O)OC[C@@H](COC(=O)CCCCCCCCCCCCC(C)CC)OC(=O)CCCCCCCCCCCCCCCC(C)C. The fourth-order valence-electron chi connectivity index (χ4n) is 10.2. The topological polar surface area (TPSA) is 237 Å². The molecule has 6 atom stereocenters. The van der Waals surface area contributed by atoms with Crippen molar-refractivity contribution in [3.05, 3.63) is 0 Å². The second-order valence-corrected chi connectivity index (χ2v) is 28.2. The van der Waals surface area contributed by atoms with Crippen LogP contribution in [0, 0.1) is 11.8 Å². The maximum Gasteiger partial charge on any atom is 0.472 e. The molecule has 17 nitrogen and oxygen atoms in total. The van der Waals surface area contributed by atoms with Gasteiger partial charge in [0, 0.05) is 25.7 Å². The van der Waals surface area contributed by atoms with E-state index in [-0.39, 0.29) is 25.7 Å². The molecule has 0 aromatic rings. The molecule has 0 aliphatic heterocycles. The van der Waals surface area contributed by atoms with Crippen molar-refractivity contribution < 1.29 is 80.2 Å². The molecule has 0 aromatic carbocycles. The molecule has 0 spiro atoms. The van der Waals surface area contributed by atoms with Gasteiger partial charge in [0.2, 0.25) is 0 Å². The summed E-state index contributed by atoms with van der Waals surface area (Å²) in [7, 11) is -9.89. The number of phosphoric acid groups is 2. The van der Waals surface area contributed by atoms with Crippen molar-refractivity contribution in [3.63, 3.8) is 0 Å². The summed E-state index contributed by atoms with van der Waals surface area (Å²) in [4.78, 5) is 72.3. The lowest BCUT2D eigenvalue weighted by atomic mass is 9.99. The molecule has 0 radical (unpaired) electrons. The van der Waals surface area contributed by atoms with Crippen LogP contribution in [0.25, 0.3) is 0 Å². The minimum Gasteiger partial charge on any atom is -0.462 e. The first-order chi connectivity index (χ1) is 41.9. The molecule has 0 amide bonds. The molecular weight excluding hydrogens is 1150 g/mol. The summed E-state index contributed by atoms with van der Waals surface area (Å²) < 4.78 is 68.1. The highest BCUT2D eigenvalue weighted by Crippen LogP contribution is 2.45. The number of unbranched alkanes of at least 4 members (excludes halogenated alkanes) is 36. The van der Waals surface area contributed by atoms with E-state index in [1.165, 1.54) is 154 Å². The van der Waals surface area contributed by atoms with Crippen molar-refractivity contribution in [1.29, 1.82) is 0 Å². The van der Waals surface area contributed by atoms with Crippen molar-refractivity contribution in [1.82, 2.24) is 0 Å². The molecule has 0 saturated heterocycles. The number of rotatable bonds is 67. The molecule has 0 saturated carbocycles. The number of esters is 4. The second-order valence-electron chi connectivity index (χ2n) is 25.3. The number of aliphatic hydroxyl groups is 1. The Kier molecular flexibility index (Phi) is 59.0. The van der Waals surface area contributed by atoms with E-state index in [1.807, 2.05) is 0 Å². The van der Waals surface area contributed by atoms with Crippen LogP contribution in [0.1, 0.15) is 343 Å². The molecule has 0 fully saturated rings. The largest absolute Gasteiger partial charge is 0.472 e. The van der Waals surface area contributed by atoms with Crippen LogP contribution in [0.2, 0.25) is 0 Å². The summed E-state index contributed by atoms with van der Waals surface area (Å²) in [5.41, 5.74) is 0. The highest BCUT2D eigenvalue weighted by molar-refractivity contribution is 7.47. The van der Waals surface area contributed by atoms with E-state index in [4.69, 9.17) is 37.0 Å². The highest BCUT2D eigenvalue weighted by Gasteiger charge is 2.30. The molecule has 0 bridgehead atoms. The van der Waals surface area contributed by atoms with Gasteiger partial charge >= 0.3 is 39.5 Å². The average Bonchev–Trinajstić information content (AvgIpc) is 3.55.